The molecule has 1 unspecified atom stereocenters. The predicted molar refractivity (Wildman–Crippen MR) is 105 cm³/mol. The van der Waals surface area contributed by atoms with Gasteiger partial charge in [0.05, 0.1) is 19.7 Å². The van der Waals surface area contributed by atoms with Crippen LogP contribution in [0.25, 0.3) is 0 Å². The summed E-state index contributed by atoms with van der Waals surface area (Å²) in [6.45, 7) is 4.89. The van der Waals surface area contributed by atoms with Gasteiger partial charge in [-0.3, -0.25) is 0 Å². The average molecular weight is 353 g/mol. The second kappa shape index (κ2) is 9.25. The Labute approximate surface area is 155 Å². The number of nitrogens with one attached hydrogen (secondary N) is 2. The number of hydrogen-bond donors (Lipinski definition) is 2. The van der Waals surface area contributed by atoms with E-state index in [2.05, 4.69) is 58.9 Å². The summed E-state index contributed by atoms with van der Waals surface area (Å²) in [5, 5.41) is 6.69. The minimum atomic E-state index is 0.143. The van der Waals surface area contributed by atoms with Gasteiger partial charge in [-0.15, -0.1) is 0 Å². The van der Waals surface area contributed by atoms with Gasteiger partial charge in [-0.2, -0.15) is 0 Å². The monoisotopic (exact) mass is 353 g/mol. The van der Waals surface area contributed by atoms with Crippen LogP contribution in [0, 0.1) is 0 Å². The molecular weight excluding hydrogens is 326 g/mol. The van der Waals surface area contributed by atoms with E-state index < -0.39 is 0 Å². The van der Waals surface area contributed by atoms with Crippen LogP contribution >= 0.6 is 0 Å². The van der Waals surface area contributed by atoms with Crippen molar-refractivity contribution in [2.45, 2.75) is 32.6 Å². The number of ether oxygens (including phenoxy) is 2. The van der Waals surface area contributed by atoms with Crippen molar-refractivity contribution in [2.24, 2.45) is 4.99 Å². The summed E-state index contributed by atoms with van der Waals surface area (Å²) in [6.07, 6.45) is 1.08. The molecule has 2 aromatic rings. The van der Waals surface area contributed by atoms with Gasteiger partial charge in [0.25, 0.3) is 0 Å². The Morgan fingerprint density at radius 3 is 2.62 bits per heavy atom. The molecule has 0 fully saturated rings. The fourth-order valence-electron chi connectivity index (χ4n) is 3.00. The maximum Gasteiger partial charge on any atom is 0.191 e. The number of para-hydroxylation sites is 1. The van der Waals surface area contributed by atoms with Crippen LogP contribution < -0.4 is 15.4 Å². The summed E-state index contributed by atoms with van der Waals surface area (Å²) in [5.41, 5.74) is 3.62. The molecule has 2 aromatic carbocycles. The van der Waals surface area contributed by atoms with Crippen molar-refractivity contribution in [3.8, 4) is 5.75 Å². The van der Waals surface area contributed by atoms with Gasteiger partial charge < -0.3 is 20.1 Å². The fraction of sp³-hybridized carbons (Fsp3) is 0.381. The van der Waals surface area contributed by atoms with Gasteiger partial charge in [0, 0.05) is 20.1 Å². The zero-order chi connectivity index (χ0) is 18.2. The van der Waals surface area contributed by atoms with E-state index in [-0.39, 0.29) is 6.10 Å². The van der Waals surface area contributed by atoms with E-state index in [1.807, 2.05) is 12.1 Å². The second-order valence-corrected chi connectivity index (χ2v) is 6.38. The van der Waals surface area contributed by atoms with Crippen LogP contribution in [0.5, 0.6) is 5.75 Å². The molecule has 5 nitrogen and oxygen atoms in total. The maximum atomic E-state index is 5.98. The lowest BCUT2D eigenvalue weighted by Crippen LogP contribution is -2.42. The molecule has 2 N–H and O–H groups in total. The Morgan fingerprint density at radius 1 is 1.12 bits per heavy atom. The number of methoxy groups -OCH3 is 1. The number of rotatable bonds is 7. The first-order chi connectivity index (χ1) is 12.8. The summed E-state index contributed by atoms with van der Waals surface area (Å²) >= 11 is 0. The molecule has 3 rings (SSSR count). The van der Waals surface area contributed by atoms with Crippen molar-refractivity contribution in [1.29, 1.82) is 0 Å². The standard InChI is InChI=1S/C21H27N3O2/c1-3-22-21(23-13-16-8-10-17(11-9-16)15-25-2)24-14-19-12-18-6-4-5-7-20(18)26-19/h4-11,19H,3,12-15H2,1-2H3,(H2,22,23,24). The lowest BCUT2D eigenvalue weighted by atomic mass is 10.1. The van der Waals surface area contributed by atoms with Crippen LogP contribution in [-0.2, 0) is 24.3 Å². The van der Waals surface area contributed by atoms with Crippen molar-refractivity contribution in [3.63, 3.8) is 0 Å². The first-order valence-corrected chi connectivity index (χ1v) is 9.12. The molecule has 1 atom stereocenters. The SMILES string of the molecule is CCNC(=NCc1ccc(COC)cc1)NCC1Cc2ccccc2O1. The smallest absolute Gasteiger partial charge is 0.191 e. The Hall–Kier alpha value is -2.53. The van der Waals surface area contributed by atoms with E-state index in [9.17, 15) is 0 Å². The molecule has 26 heavy (non-hydrogen) atoms. The van der Waals surface area contributed by atoms with Crippen molar-refractivity contribution >= 4 is 5.96 Å². The van der Waals surface area contributed by atoms with E-state index in [4.69, 9.17) is 9.47 Å². The first-order valence-electron chi connectivity index (χ1n) is 9.12. The summed E-state index contributed by atoms with van der Waals surface area (Å²) in [7, 11) is 1.71. The third-order valence-electron chi connectivity index (χ3n) is 4.31. The van der Waals surface area contributed by atoms with Crippen LogP contribution in [0.1, 0.15) is 23.6 Å². The summed E-state index contributed by atoms with van der Waals surface area (Å²) in [5.74, 6) is 1.81. The normalized spacial score (nSPS) is 16.1. The van der Waals surface area contributed by atoms with Gasteiger partial charge in [-0.1, -0.05) is 42.5 Å². The van der Waals surface area contributed by atoms with Crippen LogP contribution in [0.15, 0.2) is 53.5 Å². The summed E-state index contributed by atoms with van der Waals surface area (Å²) in [4.78, 5) is 4.68. The second-order valence-electron chi connectivity index (χ2n) is 6.38. The van der Waals surface area contributed by atoms with Crippen molar-refractivity contribution in [3.05, 3.63) is 65.2 Å². The molecule has 0 aliphatic carbocycles. The lowest BCUT2D eigenvalue weighted by Gasteiger charge is -2.15. The van der Waals surface area contributed by atoms with Gasteiger partial charge >= 0.3 is 0 Å². The molecule has 5 heteroatoms. The lowest BCUT2D eigenvalue weighted by molar-refractivity contribution is 0.185. The van der Waals surface area contributed by atoms with Crippen molar-refractivity contribution in [1.82, 2.24) is 10.6 Å². The van der Waals surface area contributed by atoms with E-state index >= 15 is 0 Å². The van der Waals surface area contributed by atoms with Gasteiger partial charge in [-0.05, 0) is 29.7 Å². The zero-order valence-electron chi connectivity index (χ0n) is 15.5. The highest BCUT2D eigenvalue weighted by Gasteiger charge is 2.22. The highest BCUT2D eigenvalue weighted by molar-refractivity contribution is 5.79. The van der Waals surface area contributed by atoms with Gasteiger partial charge in [0.15, 0.2) is 5.96 Å². The molecule has 0 aromatic heterocycles. The zero-order valence-corrected chi connectivity index (χ0v) is 15.5. The summed E-state index contributed by atoms with van der Waals surface area (Å²) in [6, 6.07) is 16.6. The number of hydrogen-bond acceptors (Lipinski definition) is 3. The first kappa shape index (κ1) is 18.3. The molecule has 1 heterocycles. The minimum Gasteiger partial charge on any atom is -0.488 e. The number of nitrogens with zero attached hydrogens (tertiary/aromatic N) is 1. The Morgan fingerprint density at radius 2 is 1.88 bits per heavy atom. The Bertz CT molecular complexity index is 703. The number of fused-ring (bicyclic) bond motifs is 1. The number of aliphatic imine (C=N–C) groups is 1. The van der Waals surface area contributed by atoms with Crippen LogP contribution in [-0.4, -0.2) is 32.3 Å². The molecule has 0 saturated heterocycles. The number of benzene rings is 2. The Kier molecular flexibility index (Phi) is 6.50. The van der Waals surface area contributed by atoms with Gasteiger partial charge in [-0.25, -0.2) is 4.99 Å². The largest absolute Gasteiger partial charge is 0.488 e. The highest BCUT2D eigenvalue weighted by Crippen LogP contribution is 2.27. The van der Waals surface area contributed by atoms with Gasteiger partial charge in [0.1, 0.15) is 11.9 Å². The molecule has 1 aliphatic heterocycles. The molecule has 0 saturated carbocycles. The average Bonchev–Trinajstić information content (AvgIpc) is 3.08. The topological polar surface area (TPSA) is 54.9 Å². The Balaban J connectivity index is 1.52. The van der Waals surface area contributed by atoms with E-state index in [1.54, 1.807) is 7.11 Å². The van der Waals surface area contributed by atoms with Crippen molar-refractivity contribution in [2.75, 3.05) is 20.2 Å². The molecular formula is C21H27N3O2. The summed E-state index contributed by atoms with van der Waals surface area (Å²) < 4.78 is 11.1. The molecule has 1 aliphatic rings. The number of guanidine groups is 1. The van der Waals surface area contributed by atoms with E-state index in [1.165, 1.54) is 16.7 Å². The van der Waals surface area contributed by atoms with Crippen molar-refractivity contribution < 1.29 is 9.47 Å². The van der Waals surface area contributed by atoms with Crippen LogP contribution in [0.4, 0.5) is 0 Å². The molecule has 0 spiro atoms. The quantitative estimate of drug-likeness (QED) is 0.594. The van der Waals surface area contributed by atoms with Crippen LogP contribution in [0.2, 0.25) is 0 Å². The van der Waals surface area contributed by atoms with E-state index in [0.29, 0.717) is 13.2 Å². The van der Waals surface area contributed by atoms with Crippen LogP contribution in [0.3, 0.4) is 0 Å². The van der Waals surface area contributed by atoms with Gasteiger partial charge in [0.2, 0.25) is 0 Å². The minimum absolute atomic E-state index is 0.143. The van der Waals surface area contributed by atoms with E-state index in [0.717, 1.165) is 31.2 Å². The molecule has 0 bridgehead atoms. The molecule has 0 radical (unpaired) electrons. The third kappa shape index (κ3) is 4.99. The maximum absolute atomic E-state index is 5.98. The highest BCUT2D eigenvalue weighted by atomic mass is 16.5. The molecule has 138 valence electrons. The third-order valence-corrected chi connectivity index (χ3v) is 4.31. The fourth-order valence-corrected chi connectivity index (χ4v) is 3.00. The molecule has 0 amide bonds. The predicted octanol–water partition coefficient (Wildman–Crippen LogP) is 2.89.